The molecular weight excluding hydrogens is 507 g/mol. The third-order valence-corrected chi connectivity index (χ3v) is 8.42. The van der Waals surface area contributed by atoms with Crippen molar-refractivity contribution in [3.8, 4) is 11.5 Å². The maximum atomic E-state index is 6.64. The van der Waals surface area contributed by atoms with Crippen LogP contribution in [0, 0.1) is 13.8 Å². The van der Waals surface area contributed by atoms with E-state index >= 15 is 0 Å². The fourth-order valence-corrected chi connectivity index (χ4v) is 7.20. The van der Waals surface area contributed by atoms with Gasteiger partial charge < -0.3 is 0 Å². The molecule has 6 heteroatoms. The van der Waals surface area contributed by atoms with Crippen LogP contribution >= 0.6 is 36.2 Å². The van der Waals surface area contributed by atoms with Crippen LogP contribution in [0.2, 0.25) is 0 Å². The molecule has 0 N–H and O–H groups in total. The van der Waals surface area contributed by atoms with Gasteiger partial charge in [0.05, 0.1) is 0 Å². The van der Waals surface area contributed by atoms with Crippen molar-refractivity contribution in [1.29, 1.82) is 0 Å². The molecular formula is C27H24Cl2O2STi. The van der Waals surface area contributed by atoms with Gasteiger partial charge in [0.2, 0.25) is 0 Å². The van der Waals surface area contributed by atoms with E-state index in [-0.39, 0.29) is 24.8 Å². The summed E-state index contributed by atoms with van der Waals surface area (Å²) < 4.78 is 15.5. The first kappa shape index (κ1) is 25.5. The smallest absolute Gasteiger partial charge is 0.147 e. The molecule has 0 atom stereocenters. The van der Waals surface area contributed by atoms with Gasteiger partial charge in [-0.05, 0) is 0 Å². The molecule has 0 aliphatic carbocycles. The number of hydrogen-bond acceptors (Lipinski definition) is 3. The molecule has 0 unspecified atom stereocenters. The Morgan fingerprint density at radius 3 is 1.64 bits per heavy atom. The average Bonchev–Trinajstić information content (AvgIpc) is 3.10. The van der Waals surface area contributed by atoms with Gasteiger partial charge >= 0.3 is 194 Å². The zero-order valence-corrected chi connectivity index (χ0v) is 22.3. The summed E-state index contributed by atoms with van der Waals surface area (Å²) in [5.74, 6) is 1.77. The average molecular weight is 531 g/mol. The number of benzene rings is 4. The molecule has 0 aliphatic heterocycles. The summed E-state index contributed by atoms with van der Waals surface area (Å²) in [5, 5.41) is 4.57. The standard InChI is InChI=1S/2C10H8O.C7H8S.2ClH.Ti/c2*11-10-7-3-5-8-4-1-2-6-9(8)10;1-5-4-6(2)8-7(5)3;;;/h2*1-7,11H;1,4H,2-3H3;2*1H;/q;;;;;+2/p-2. The van der Waals surface area contributed by atoms with Crippen LogP contribution in [0.3, 0.4) is 0 Å². The van der Waals surface area contributed by atoms with Crippen LogP contribution in [0.4, 0.5) is 0 Å². The second-order valence-electron chi connectivity index (χ2n) is 7.49. The monoisotopic (exact) mass is 530 g/mol. The van der Waals surface area contributed by atoms with Gasteiger partial charge in [0.15, 0.2) is 0 Å². The minimum Gasteiger partial charge on any atom is -0.147 e. The summed E-state index contributed by atoms with van der Waals surface area (Å²) >= 11 is -0.788. The van der Waals surface area contributed by atoms with Crippen molar-refractivity contribution in [1.82, 2.24) is 0 Å². The Kier molecular flexibility index (Phi) is 8.75. The summed E-state index contributed by atoms with van der Waals surface area (Å²) in [6.45, 7) is 4.31. The maximum absolute atomic E-state index is 6.64. The molecule has 2 nitrogen and oxygen atoms in total. The van der Waals surface area contributed by atoms with Gasteiger partial charge in [-0.15, -0.1) is 24.8 Å². The second-order valence-corrected chi connectivity index (χ2v) is 11.0. The van der Waals surface area contributed by atoms with Crippen LogP contribution in [0.1, 0.15) is 15.3 Å². The van der Waals surface area contributed by atoms with Crippen molar-refractivity contribution in [2.45, 2.75) is 13.8 Å². The van der Waals surface area contributed by atoms with E-state index in [1.165, 1.54) is 26.1 Å². The minimum absolute atomic E-state index is 0. The largest absolute Gasteiger partial charge is 0.147 e. The van der Waals surface area contributed by atoms with Gasteiger partial charge in [0.1, 0.15) is 0 Å². The first-order chi connectivity index (χ1) is 15.2. The maximum Gasteiger partial charge on any atom is -0.147 e. The Morgan fingerprint density at radius 1 is 0.667 bits per heavy atom. The number of hydrogen-bond donors (Lipinski definition) is 0. The Morgan fingerprint density at radius 2 is 1.15 bits per heavy atom. The van der Waals surface area contributed by atoms with Crippen LogP contribution < -0.4 is 6.64 Å². The third kappa shape index (κ3) is 5.69. The predicted molar refractivity (Wildman–Crippen MR) is 143 cm³/mol. The summed E-state index contributed by atoms with van der Waals surface area (Å²) in [5.41, 5.74) is 1.22. The number of halogens is 2. The molecule has 0 saturated heterocycles. The van der Waals surface area contributed by atoms with E-state index in [1.54, 1.807) is 0 Å². The van der Waals surface area contributed by atoms with Gasteiger partial charge in [-0.2, -0.15) is 0 Å². The van der Waals surface area contributed by atoms with Crippen molar-refractivity contribution in [2.24, 2.45) is 0 Å². The molecule has 33 heavy (non-hydrogen) atoms. The van der Waals surface area contributed by atoms with Crippen LogP contribution in [-0.2, 0) is 18.2 Å². The summed E-state index contributed by atoms with van der Waals surface area (Å²) in [4.78, 5) is 2.60. The van der Waals surface area contributed by atoms with E-state index in [1.807, 2.05) is 35.6 Å². The Balaban J connectivity index is 0.00000153. The topological polar surface area (TPSA) is 18.5 Å². The molecule has 4 aromatic carbocycles. The van der Waals surface area contributed by atoms with Crippen LogP contribution in [0.25, 0.3) is 21.5 Å². The number of rotatable bonds is 5. The first-order valence-corrected chi connectivity index (χ1v) is 13.3. The van der Waals surface area contributed by atoms with E-state index in [0.29, 0.717) is 0 Å². The molecule has 0 amide bonds. The molecule has 0 saturated carbocycles. The summed E-state index contributed by atoms with van der Waals surface area (Å²) in [7, 11) is 0. The number of aryl methyl sites for hydroxylation is 2. The van der Waals surface area contributed by atoms with E-state index in [2.05, 4.69) is 84.9 Å². The Bertz CT molecular complexity index is 1330. The molecule has 0 aliphatic rings. The van der Waals surface area contributed by atoms with Crippen molar-refractivity contribution < 1.29 is 24.8 Å². The van der Waals surface area contributed by atoms with E-state index < -0.39 is 18.2 Å². The van der Waals surface area contributed by atoms with Gasteiger partial charge in [0.25, 0.3) is 0 Å². The molecule has 168 valence electrons. The molecule has 0 fully saturated rings. The SMILES string of the molecule is Cc1cc([CH]=[Ti]([O]c2cccc3ccccc23)[O]c2cccc3ccccc23)c(C)s1.Cl.Cl. The van der Waals surface area contributed by atoms with Gasteiger partial charge in [0, 0.05) is 0 Å². The zero-order valence-electron chi connectivity index (χ0n) is 18.3. The van der Waals surface area contributed by atoms with Crippen LogP contribution in [0.5, 0.6) is 11.5 Å². The van der Waals surface area contributed by atoms with Gasteiger partial charge in [-0.1, -0.05) is 0 Å². The second kappa shape index (κ2) is 11.3. The van der Waals surface area contributed by atoms with Crippen molar-refractivity contribution in [2.75, 3.05) is 0 Å². The predicted octanol–water partition coefficient (Wildman–Crippen LogP) is 8.27. The minimum atomic E-state index is -2.60. The van der Waals surface area contributed by atoms with E-state index in [9.17, 15) is 0 Å². The summed E-state index contributed by atoms with van der Waals surface area (Å²) in [6, 6.07) is 31.3. The van der Waals surface area contributed by atoms with Crippen molar-refractivity contribution >= 4 is 62.0 Å². The number of thiophene rings is 1. The third-order valence-electron chi connectivity index (χ3n) is 5.27. The molecule has 0 bridgehead atoms. The first-order valence-electron chi connectivity index (χ1n) is 10.3. The molecule has 5 rings (SSSR count). The Labute approximate surface area is 217 Å². The molecule has 0 spiro atoms. The molecule has 5 aromatic rings. The summed E-state index contributed by atoms with van der Waals surface area (Å²) in [6.07, 6.45) is 0. The van der Waals surface area contributed by atoms with Crippen LogP contribution in [-0.4, -0.2) is 4.31 Å². The van der Waals surface area contributed by atoms with Crippen molar-refractivity contribution in [3.63, 3.8) is 0 Å². The fourth-order valence-electron chi connectivity index (χ4n) is 3.79. The Hall–Kier alpha value is -2.14. The van der Waals surface area contributed by atoms with E-state index in [0.717, 1.165) is 22.3 Å². The van der Waals surface area contributed by atoms with Gasteiger partial charge in [-0.25, -0.2) is 0 Å². The normalized spacial score (nSPS) is 10.2. The number of fused-ring (bicyclic) bond motifs is 2. The van der Waals surface area contributed by atoms with Crippen molar-refractivity contribution in [3.05, 3.63) is 106 Å². The fraction of sp³-hybridized carbons (Fsp3) is 0.0741. The quantitative estimate of drug-likeness (QED) is 0.213. The van der Waals surface area contributed by atoms with E-state index in [4.69, 9.17) is 6.64 Å². The molecule has 1 aromatic heterocycles. The molecule has 1 heterocycles. The zero-order chi connectivity index (χ0) is 21.2. The van der Waals surface area contributed by atoms with Crippen LogP contribution in [0.15, 0.2) is 91.0 Å². The molecule has 0 radical (unpaired) electrons. The van der Waals surface area contributed by atoms with Gasteiger partial charge in [-0.3, -0.25) is 0 Å².